The fourth-order valence-electron chi connectivity index (χ4n) is 2.90. The number of hydrogen-bond donors (Lipinski definition) is 2. The van der Waals surface area contributed by atoms with E-state index < -0.39 is 6.10 Å². The third-order valence-corrected chi connectivity index (χ3v) is 4.45. The maximum atomic E-state index is 10.5. The molecular formula is C20H16ClN3O. The van der Waals surface area contributed by atoms with Crippen molar-refractivity contribution in [1.82, 2.24) is 9.97 Å². The van der Waals surface area contributed by atoms with Gasteiger partial charge in [0.1, 0.15) is 12.1 Å². The Kier molecular flexibility index (Phi) is 4.22. The molecule has 124 valence electrons. The molecule has 1 aromatic heterocycles. The SMILES string of the molecule is O[C@H](CNc1ncnc2cc(Cl)ccc12)c1ccc2ccccc2c1. The molecule has 0 saturated carbocycles. The summed E-state index contributed by atoms with van der Waals surface area (Å²) in [5.41, 5.74) is 1.64. The molecule has 0 unspecified atom stereocenters. The highest BCUT2D eigenvalue weighted by Gasteiger charge is 2.10. The second kappa shape index (κ2) is 6.67. The standard InChI is InChI=1S/C20H16ClN3O/c21-16-7-8-17-18(10-16)23-12-24-20(17)22-11-19(25)15-6-5-13-3-1-2-4-14(13)9-15/h1-10,12,19,25H,11H2,(H,22,23,24)/t19-/m1/s1. The molecule has 1 atom stereocenters. The second-order valence-corrected chi connectivity index (χ2v) is 6.32. The van der Waals surface area contributed by atoms with Crippen LogP contribution in [0.3, 0.4) is 0 Å². The molecule has 3 aromatic carbocycles. The Labute approximate surface area is 150 Å². The van der Waals surface area contributed by atoms with Crippen LogP contribution >= 0.6 is 11.6 Å². The average molecular weight is 350 g/mol. The Morgan fingerprint density at radius 1 is 0.960 bits per heavy atom. The zero-order valence-electron chi connectivity index (χ0n) is 13.4. The molecule has 4 nitrogen and oxygen atoms in total. The van der Waals surface area contributed by atoms with E-state index in [9.17, 15) is 5.11 Å². The molecular weight excluding hydrogens is 334 g/mol. The van der Waals surface area contributed by atoms with Crippen LogP contribution in [-0.4, -0.2) is 21.6 Å². The summed E-state index contributed by atoms with van der Waals surface area (Å²) in [6.07, 6.45) is 0.852. The van der Waals surface area contributed by atoms with Gasteiger partial charge in [0, 0.05) is 17.0 Å². The van der Waals surface area contributed by atoms with Gasteiger partial charge in [0.25, 0.3) is 0 Å². The van der Waals surface area contributed by atoms with E-state index in [0.717, 1.165) is 27.2 Å². The van der Waals surface area contributed by atoms with Crippen molar-refractivity contribution >= 4 is 39.1 Å². The number of nitrogens with one attached hydrogen (secondary N) is 1. The van der Waals surface area contributed by atoms with E-state index in [0.29, 0.717) is 17.4 Å². The minimum absolute atomic E-state index is 0.354. The van der Waals surface area contributed by atoms with Crippen molar-refractivity contribution in [1.29, 1.82) is 0 Å². The number of hydrogen-bond acceptors (Lipinski definition) is 4. The predicted octanol–water partition coefficient (Wildman–Crippen LogP) is 4.58. The molecule has 0 spiro atoms. The Balaban J connectivity index is 1.56. The zero-order valence-corrected chi connectivity index (χ0v) is 14.1. The molecule has 0 fully saturated rings. The van der Waals surface area contributed by atoms with Crippen LogP contribution in [0.4, 0.5) is 5.82 Å². The van der Waals surface area contributed by atoms with Gasteiger partial charge >= 0.3 is 0 Å². The van der Waals surface area contributed by atoms with Gasteiger partial charge in [-0.1, -0.05) is 48.0 Å². The van der Waals surface area contributed by atoms with Crippen LogP contribution in [-0.2, 0) is 0 Å². The van der Waals surface area contributed by atoms with Crippen LogP contribution in [0.1, 0.15) is 11.7 Å². The summed E-state index contributed by atoms with van der Waals surface area (Å²) in [7, 11) is 0. The fourth-order valence-corrected chi connectivity index (χ4v) is 3.06. The van der Waals surface area contributed by atoms with Crippen molar-refractivity contribution in [3.63, 3.8) is 0 Å². The van der Waals surface area contributed by atoms with Gasteiger partial charge in [0.2, 0.25) is 0 Å². The monoisotopic (exact) mass is 349 g/mol. The van der Waals surface area contributed by atoms with E-state index in [1.807, 2.05) is 42.5 Å². The largest absolute Gasteiger partial charge is 0.387 e. The molecule has 5 heteroatoms. The Morgan fingerprint density at radius 2 is 1.80 bits per heavy atom. The first-order valence-corrected chi connectivity index (χ1v) is 8.39. The summed E-state index contributed by atoms with van der Waals surface area (Å²) in [5.74, 6) is 0.682. The lowest BCUT2D eigenvalue weighted by Gasteiger charge is -2.14. The van der Waals surface area contributed by atoms with Crippen LogP contribution in [0.5, 0.6) is 0 Å². The van der Waals surface area contributed by atoms with Gasteiger partial charge in [-0.25, -0.2) is 9.97 Å². The number of aromatic nitrogens is 2. The maximum Gasteiger partial charge on any atom is 0.137 e. The lowest BCUT2D eigenvalue weighted by Crippen LogP contribution is -2.13. The molecule has 0 amide bonds. The number of nitrogens with zero attached hydrogens (tertiary/aromatic N) is 2. The smallest absolute Gasteiger partial charge is 0.137 e. The van der Waals surface area contributed by atoms with E-state index in [1.165, 1.54) is 6.33 Å². The van der Waals surface area contributed by atoms with Crippen molar-refractivity contribution in [3.8, 4) is 0 Å². The molecule has 2 N–H and O–H groups in total. The summed E-state index contributed by atoms with van der Waals surface area (Å²) in [5, 5.41) is 17.5. The molecule has 0 aliphatic heterocycles. The summed E-state index contributed by atoms with van der Waals surface area (Å²) >= 11 is 6.01. The average Bonchev–Trinajstić information content (AvgIpc) is 2.65. The van der Waals surface area contributed by atoms with Gasteiger partial charge < -0.3 is 10.4 Å². The molecule has 4 rings (SSSR count). The molecule has 4 aromatic rings. The van der Waals surface area contributed by atoms with Crippen molar-refractivity contribution in [2.24, 2.45) is 0 Å². The highest BCUT2D eigenvalue weighted by Crippen LogP contribution is 2.24. The van der Waals surface area contributed by atoms with Crippen LogP contribution in [0.15, 0.2) is 67.0 Å². The van der Waals surface area contributed by atoms with Crippen molar-refractivity contribution in [2.75, 3.05) is 11.9 Å². The first-order valence-electron chi connectivity index (χ1n) is 8.01. The third-order valence-electron chi connectivity index (χ3n) is 4.22. The number of halogens is 1. The predicted molar refractivity (Wildman–Crippen MR) is 102 cm³/mol. The summed E-state index contributed by atoms with van der Waals surface area (Å²) in [6.45, 7) is 0.354. The highest BCUT2D eigenvalue weighted by molar-refractivity contribution is 6.31. The summed E-state index contributed by atoms with van der Waals surface area (Å²) in [6, 6.07) is 19.6. The van der Waals surface area contributed by atoms with Crippen LogP contribution in [0, 0.1) is 0 Å². The number of anilines is 1. The number of rotatable bonds is 4. The fraction of sp³-hybridized carbons (Fsp3) is 0.100. The second-order valence-electron chi connectivity index (χ2n) is 5.89. The normalized spacial score (nSPS) is 12.4. The van der Waals surface area contributed by atoms with Gasteiger partial charge in [-0.2, -0.15) is 0 Å². The minimum Gasteiger partial charge on any atom is -0.387 e. The molecule has 0 bridgehead atoms. The number of aliphatic hydroxyl groups is 1. The number of fused-ring (bicyclic) bond motifs is 2. The lowest BCUT2D eigenvalue weighted by molar-refractivity contribution is 0.191. The highest BCUT2D eigenvalue weighted by atomic mass is 35.5. The van der Waals surface area contributed by atoms with Gasteiger partial charge in [0.15, 0.2) is 0 Å². The first-order chi connectivity index (χ1) is 12.2. The minimum atomic E-state index is -0.637. The van der Waals surface area contributed by atoms with Crippen molar-refractivity contribution in [3.05, 3.63) is 77.6 Å². The van der Waals surface area contributed by atoms with E-state index in [4.69, 9.17) is 11.6 Å². The zero-order chi connectivity index (χ0) is 17.2. The lowest BCUT2D eigenvalue weighted by atomic mass is 10.0. The third kappa shape index (κ3) is 3.27. The topological polar surface area (TPSA) is 58.0 Å². The number of aliphatic hydroxyl groups excluding tert-OH is 1. The number of benzene rings is 3. The Hall–Kier alpha value is -2.69. The van der Waals surface area contributed by atoms with E-state index >= 15 is 0 Å². The van der Waals surface area contributed by atoms with E-state index in [1.54, 1.807) is 12.1 Å². The molecule has 1 heterocycles. The quantitative estimate of drug-likeness (QED) is 0.566. The van der Waals surface area contributed by atoms with Crippen LogP contribution in [0.25, 0.3) is 21.7 Å². The maximum absolute atomic E-state index is 10.5. The molecule has 0 aliphatic rings. The van der Waals surface area contributed by atoms with Gasteiger partial charge in [0.05, 0.1) is 11.6 Å². The first kappa shape index (κ1) is 15.8. The van der Waals surface area contributed by atoms with Gasteiger partial charge in [-0.3, -0.25) is 0 Å². The Bertz CT molecular complexity index is 1050. The van der Waals surface area contributed by atoms with Crippen LogP contribution in [0.2, 0.25) is 5.02 Å². The molecule has 0 saturated heterocycles. The van der Waals surface area contributed by atoms with Gasteiger partial charge in [-0.05, 0) is 40.6 Å². The van der Waals surface area contributed by atoms with Crippen molar-refractivity contribution < 1.29 is 5.11 Å². The summed E-state index contributed by atoms with van der Waals surface area (Å²) in [4.78, 5) is 8.50. The van der Waals surface area contributed by atoms with Crippen LogP contribution < -0.4 is 5.32 Å². The van der Waals surface area contributed by atoms with E-state index in [2.05, 4.69) is 21.4 Å². The molecule has 25 heavy (non-hydrogen) atoms. The van der Waals surface area contributed by atoms with Gasteiger partial charge in [-0.15, -0.1) is 0 Å². The molecule has 0 aliphatic carbocycles. The Morgan fingerprint density at radius 3 is 2.68 bits per heavy atom. The van der Waals surface area contributed by atoms with E-state index in [-0.39, 0.29) is 0 Å². The summed E-state index contributed by atoms with van der Waals surface area (Å²) < 4.78 is 0. The molecule has 0 radical (unpaired) electrons. The van der Waals surface area contributed by atoms with Crippen molar-refractivity contribution in [2.45, 2.75) is 6.10 Å².